The third kappa shape index (κ3) is 3.88. The van der Waals surface area contributed by atoms with Crippen LogP contribution in [0.5, 0.6) is 5.75 Å². The fourth-order valence-corrected chi connectivity index (χ4v) is 2.67. The zero-order chi connectivity index (χ0) is 15.4. The number of carbonyl (C=O) groups is 2. The van der Waals surface area contributed by atoms with Crippen LogP contribution in [0, 0.1) is 5.92 Å². The van der Waals surface area contributed by atoms with Gasteiger partial charge in [0.15, 0.2) is 0 Å². The lowest BCUT2D eigenvalue weighted by Crippen LogP contribution is -2.43. The van der Waals surface area contributed by atoms with Crippen molar-refractivity contribution in [1.82, 2.24) is 4.90 Å². The Hall–Kier alpha value is -1.75. The molecule has 21 heavy (non-hydrogen) atoms. The fourth-order valence-electron chi connectivity index (χ4n) is 2.48. The Labute approximate surface area is 128 Å². The maximum atomic E-state index is 12.5. The highest BCUT2D eigenvalue weighted by molar-refractivity contribution is 6.30. The molecule has 114 valence electrons. The molecule has 0 fully saturated rings. The van der Waals surface area contributed by atoms with E-state index in [4.69, 9.17) is 21.4 Å². The van der Waals surface area contributed by atoms with Crippen LogP contribution in [0.25, 0.3) is 0 Å². The van der Waals surface area contributed by atoms with E-state index in [1.165, 1.54) is 4.90 Å². The van der Waals surface area contributed by atoms with Crippen molar-refractivity contribution in [2.24, 2.45) is 5.92 Å². The van der Waals surface area contributed by atoms with Gasteiger partial charge in [0, 0.05) is 11.6 Å². The number of amides is 1. The number of aliphatic carboxylic acids is 1. The molecule has 0 aliphatic carbocycles. The van der Waals surface area contributed by atoms with Gasteiger partial charge in [0.1, 0.15) is 18.9 Å². The van der Waals surface area contributed by atoms with Gasteiger partial charge in [0.2, 0.25) is 5.91 Å². The van der Waals surface area contributed by atoms with Gasteiger partial charge < -0.3 is 14.7 Å². The van der Waals surface area contributed by atoms with Crippen molar-refractivity contribution >= 4 is 23.5 Å². The molecule has 1 aromatic carbocycles. The SMILES string of the molecule is CCCN(CC(=O)O)C(=O)C1COc2ccc(Cl)cc2C1. The van der Waals surface area contributed by atoms with E-state index in [1.54, 1.807) is 18.2 Å². The van der Waals surface area contributed by atoms with E-state index in [0.717, 1.165) is 17.7 Å². The maximum Gasteiger partial charge on any atom is 0.323 e. The standard InChI is InChI=1S/C15H18ClNO4/c1-2-5-17(8-14(18)19)15(20)11-6-10-7-12(16)3-4-13(10)21-9-11/h3-4,7,11H,2,5-6,8-9H2,1H3,(H,18,19). The largest absolute Gasteiger partial charge is 0.492 e. The summed E-state index contributed by atoms with van der Waals surface area (Å²) in [7, 11) is 0. The van der Waals surface area contributed by atoms with Crippen LogP contribution in [0.3, 0.4) is 0 Å². The minimum absolute atomic E-state index is 0.176. The molecule has 1 aliphatic rings. The minimum atomic E-state index is -1.00. The molecular weight excluding hydrogens is 294 g/mol. The van der Waals surface area contributed by atoms with Crippen molar-refractivity contribution in [3.63, 3.8) is 0 Å². The molecule has 0 radical (unpaired) electrons. The van der Waals surface area contributed by atoms with Crippen molar-refractivity contribution in [2.75, 3.05) is 19.7 Å². The topological polar surface area (TPSA) is 66.8 Å². The van der Waals surface area contributed by atoms with Crippen LogP contribution in [0.4, 0.5) is 0 Å². The summed E-state index contributed by atoms with van der Waals surface area (Å²) in [5, 5.41) is 9.51. The molecule has 2 rings (SSSR count). The van der Waals surface area contributed by atoms with E-state index >= 15 is 0 Å². The summed E-state index contributed by atoms with van der Waals surface area (Å²) in [6, 6.07) is 5.33. The molecule has 1 heterocycles. The Balaban J connectivity index is 2.11. The highest BCUT2D eigenvalue weighted by Crippen LogP contribution is 2.30. The van der Waals surface area contributed by atoms with Crippen molar-refractivity contribution in [3.05, 3.63) is 28.8 Å². The van der Waals surface area contributed by atoms with Crippen molar-refractivity contribution < 1.29 is 19.4 Å². The van der Waals surface area contributed by atoms with Crippen molar-refractivity contribution in [2.45, 2.75) is 19.8 Å². The molecule has 1 amide bonds. The Morgan fingerprint density at radius 2 is 2.24 bits per heavy atom. The first-order chi connectivity index (χ1) is 10.0. The Kier molecular flexibility index (Phi) is 5.07. The lowest BCUT2D eigenvalue weighted by Gasteiger charge is -2.29. The van der Waals surface area contributed by atoms with E-state index in [9.17, 15) is 9.59 Å². The summed E-state index contributed by atoms with van der Waals surface area (Å²) < 4.78 is 5.59. The van der Waals surface area contributed by atoms with Gasteiger partial charge in [-0.1, -0.05) is 18.5 Å². The number of carboxylic acids is 1. The van der Waals surface area contributed by atoms with Crippen molar-refractivity contribution in [1.29, 1.82) is 0 Å². The van der Waals surface area contributed by atoms with E-state index in [-0.39, 0.29) is 25.0 Å². The summed E-state index contributed by atoms with van der Waals surface area (Å²) in [4.78, 5) is 24.7. The summed E-state index contributed by atoms with van der Waals surface area (Å²) in [5.41, 5.74) is 0.888. The van der Waals surface area contributed by atoms with Crippen LogP contribution < -0.4 is 4.74 Å². The molecule has 0 saturated carbocycles. The normalized spacial score (nSPS) is 16.8. The molecule has 5 nitrogen and oxygen atoms in total. The number of carbonyl (C=O) groups excluding carboxylic acids is 1. The summed E-state index contributed by atoms with van der Waals surface area (Å²) in [5.74, 6) is -0.799. The third-order valence-corrected chi connectivity index (χ3v) is 3.64. The fraction of sp³-hybridized carbons (Fsp3) is 0.467. The van der Waals surface area contributed by atoms with E-state index in [2.05, 4.69) is 0 Å². The minimum Gasteiger partial charge on any atom is -0.492 e. The third-order valence-electron chi connectivity index (χ3n) is 3.41. The van der Waals surface area contributed by atoms with Gasteiger partial charge in [-0.3, -0.25) is 9.59 Å². The number of halogens is 1. The van der Waals surface area contributed by atoms with Gasteiger partial charge in [-0.05, 0) is 36.6 Å². The molecule has 0 bridgehead atoms. The van der Waals surface area contributed by atoms with Gasteiger partial charge in [-0.15, -0.1) is 0 Å². The van der Waals surface area contributed by atoms with E-state index in [0.29, 0.717) is 18.0 Å². The van der Waals surface area contributed by atoms with Crippen LogP contribution in [0.1, 0.15) is 18.9 Å². The number of nitrogens with zero attached hydrogens (tertiary/aromatic N) is 1. The second kappa shape index (κ2) is 6.80. The summed E-state index contributed by atoms with van der Waals surface area (Å²) in [6.45, 7) is 2.34. The molecule has 0 aromatic heterocycles. The first-order valence-electron chi connectivity index (χ1n) is 6.93. The lowest BCUT2D eigenvalue weighted by molar-refractivity contribution is -0.147. The van der Waals surface area contributed by atoms with Gasteiger partial charge in [-0.25, -0.2) is 0 Å². The predicted octanol–water partition coefficient (Wildman–Crippen LogP) is 2.21. The first-order valence-corrected chi connectivity index (χ1v) is 7.31. The van der Waals surface area contributed by atoms with Gasteiger partial charge in [0.25, 0.3) is 0 Å². The highest BCUT2D eigenvalue weighted by Gasteiger charge is 2.30. The van der Waals surface area contributed by atoms with Crippen LogP contribution in [0.2, 0.25) is 5.02 Å². The Morgan fingerprint density at radius 3 is 2.90 bits per heavy atom. The predicted molar refractivity (Wildman–Crippen MR) is 78.6 cm³/mol. The second-order valence-electron chi connectivity index (χ2n) is 5.12. The van der Waals surface area contributed by atoms with E-state index in [1.807, 2.05) is 6.92 Å². The maximum absolute atomic E-state index is 12.5. The van der Waals surface area contributed by atoms with Gasteiger partial charge in [0.05, 0.1) is 5.92 Å². The molecule has 0 saturated heterocycles. The number of hydrogen-bond acceptors (Lipinski definition) is 3. The van der Waals surface area contributed by atoms with Gasteiger partial charge >= 0.3 is 5.97 Å². The van der Waals surface area contributed by atoms with Crippen LogP contribution in [-0.2, 0) is 16.0 Å². The van der Waals surface area contributed by atoms with E-state index < -0.39 is 5.97 Å². The second-order valence-corrected chi connectivity index (χ2v) is 5.55. The number of hydrogen-bond donors (Lipinski definition) is 1. The number of carboxylic acid groups (broad SMARTS) is 1. The molecule has 6 heteroatoms. The average molecular weight is 312 g/mol. The zero-order valence-corrected chi connectivity index (χ0v) is 12.6. The van der Waals surface area contributed by atoms with Crippen LogP contribution >= 0.6 is 11.6 Å². The zero-order valence-electron chi connectivity index (χ0n) is 11.8. The number of rotatable bonds is 5. The molecule has 1 N–H and O–H groups in total. The average Bonchev–Trinajstić information content (AvgIpc) is 2.44. The Bertz CT molecular complexity index is 546. The molecule has 1 aliphatic heterocycles. The smallest absolute Gasteiger partial charge is 0.323 e. The van der Waals surface area contributed by atoms with Crippen LogP contribution in [-0.4, -0.2) is 41.6 Å². The van der Waals surface area contributed by atoms with Gasteiger partial charge in [-0.2, -0.15) is 0 Å². The lowest BCUT2D eigenvalue weighted by atomic mass is 9.95. The van der Waals surface area contributed by atoms with Crippen molar-refractivity contribution in [3.8, 4) is 5.75 Å². The molecular formula is C15H18ClNO4. The Morgan fingerprint density at radius 1 is 1.48 bits per heavy atom. The number of ether oxygens (including phenoxy) is 1. The highest BCUT2D eigenvalue weighted by atomic mass is 35.5. The number of benzene rings is 1. The van der Waals surface area contributed by atoms with Crippen LogP contribution in [0.15, 0.2) is 18.2 Å². The summed E-state index contributed by atoms with van der Waals surface area (Å²) in [6.07, 6.45) is 1.24. The molecule has 0 spiro atoms. The summed E-state index contributed by atoms with van der Waals surface area (Å²) >= 11 is 5.96. The molecule has 1 unspecified atom stereocenters. The first kappa shape index (κ1) is 15.6. The molecule has 1 aromatic rings. The molecule has 1 atom stereocenters. The monoisotopic (exact) mass is 311 g/mol. The quantitative estimate of drug-likeness (QED) is 0.905. The number of fused-ring (bicyclic) bond motifs is 1.